The molecule has 110 valence electrons. The molecule has 14 nitrogen and oxygen atoms in total. The predicted molar refractivity (Wildman–Crippen MR) is 27.9 cm³/mol. The molecule has 0 aromatic carbocycles. The number of hydrogen-bond donors (Lipinski definition) is 0. The molecule has 0 heterocycles. The van der Waals surface area contributed by atoms with Crippen LogP contribution in [0.5, 0.6) is 0 Å². The number of hydrogen-bond acceptors (Lipinski definition) is 14. The molecule has 0 aromatic heterocycles. The van der Waals surface area contributed by atoms with Gasteiger partial charge < -0.3 is 38.5 Å². The molecular weight excluding hydrogens is 1140 g/mol. The first-order chi connectivity index (χ1) is 8.24. The maximum absolute atomic E-state index is 8.58. The monoisotopic (exact) mass is 1140 g/mol. The van der Waals surface area contributed by atoms with E-state index in [1.165, 1.54) is 0 Å². The summed E-state index contributed by atoms with van der Waals surface area (Å²) >= 11 is -7.52. The van der Waals surface area contributed by atoms with Crippen LogP contribution in [0.1, 0.15) is 0 Å². The van der Waals surface area contributed by atoms with E-state index in [1.807, 2.05) is 0 Å². The first-order valence-corrected chi connectivity index (χ1v) is 15.8. The van der Waals surface area contributed by atoms with Crippen molar-refractivity contribution < 1.29 is 135 Å². The zero-order valence-electron chi connectivity index (χ0n) is 8.11. The molecule has 0 bridgehead atoms. The van der Waals surface area contributed by atoms with Crippen LogP contribution in [0.2, 0.25) is 0 Å². The van der Waals surface area contributed by atoms with E-state index in [-0.39, 0.29) is 48.9 Å². The van der Waals surface area contributed by atoms with E-state index < -0.39 is 99.1 Å². The van der Waals surface area contributed by atoms with Crippen molar-refractivity contribution in [2.45, 2.75) is 0 Å². The van der Waals surface area contributed by atoms with Gasteiger partial charge >= 0.3 is 146 Å². The Morgan fingerprint density at radius 3 is 0.500 bits per heavy atom. The third-order valence-electron chi connectivity index (χ3n) is 0. The summed E-state index contributed by atoms with van der Waals surface area (Å²) in [5.74, 6) is 0. The summed E-state index contributed by atoms with van der Waals surface area (Å²) in [5.41, 5.74) is 0. The third kappa shape index (κ3) is 667. The fraction of sp³-hybridized carbons (Fsp3) is 0. The minimum absolute atomic E-state index is 0. The quantitative estimate of drug-likeness (QED) is 0.161. The molecular formula is H2BaO14P2U3. The van der Waals surface area contributed by atoms with Gasteiger partial charge in [-0.2, -0.15) is 15.6 Å². The SMILES string of the molecule is O=P([O-])([O-])[O-].O=P([O-])([O-])[O-].[BaH2].[O]=[U+2]=[O].[O]=[U+2]=[O].[O]=[U+2]=[O]. The molecule has 0 aliphatic carbocycles. The van der Waals surface area contributed by atoms with Crippen molar-refractivity contribution >= 4 is 64.5 Å². The summed E-state index contributed by atoms with van der Waals surface area (Å²) in [6, 6.07) is 0. The van der Waals surface area contributed by atoms with Gasteiger partial charge in [-0.3, -0.25) is 0 Å². The Morgan fingerprint density at radius 1 is 0.500 bits per heavy atom. The van der Waals surface area contributed by atoms with Crippen LogP contribution < -0.4 is 29.4 Å². The second-order valence-electron chi connectivity index (χ2n) is 1.14. The van der Waals surface area contributed by atoms with Crippen LogP contribution in [0.25, 0.3) is 0 Å². The Balaban J connectivity index is -0.0000000310. The fourth-order valence-electron chi connectivity index (χ4n) is 0. The van der Waals surface area contributed by atoms with E-state index in [0.717, 1.165) is 0 Å². The van der Waals surface area contributed by atoms with Crippen LogP contribution in [0, 0.1) is 83.5 Å². The topological polar surface area (TPSA) is 275 Å². The van der Waals surface area contributed by atoms with Crippen LogP contribution in [0.4, 0.5) is 0 Å². The molecule has 0 spiro atoms. The Bertz CT molecular complexity index is 306. The standard InChI is InChI=1S/Ba.2H3O4P.6O.3U.2H/c;2*1-5(2,3)4;;;;;;;;;;;/h;2*(H3,1,2,3,4);;;;;;;;;;;/q;;;;;;;;;3*+2;;/p-6. The van der Waals surface area contributed by atoms with Gasteiger partial charge in [-0.1, -0.05) is 0 Å². The van der Waals surface area contributed by atoms with Crippen molar-refractivity contribution in [3.8, 4) is 0 Å². The first kappa shape index (κ1) is 39.0. The summed E-state index contributed by atoms with van der Waals surface area (Å²) in [6.07, 6.45) is 0. The van der Waals surface area contributed by atoms with Gasteiger partial charge in [0.1, 0.15) is 0 Å². The molecule has 0 radical (unpaired) electrons. The van der Waals surface area contributed by atoms with Gasteiger partial charge in [0, 0.05) is 0 Å². The van der Waals surface area contributed by atoms with E-state index in [9.17, 15) is 0 Å². The van der Waals surface area contributed by atoms with Crippen molar-refractivity contribution in [3.05, 3.63) is 0 Å². The molecule has 0 aliphatic heterocycles. The van der Waals surface area contributed by atoms with Gasteiger partial charge in [0.15, 0.2) is 0 Å². The molecule has 0 rings (SSSR count). The van der Waals surface area contributed by atoms with Gasteiger partial charge in [-0.15, -0.1) is 0 Å². The summed E-state index contributed by atoms with van der Waals surface area (Å²) in [7, 11) is -10.8. The average molecular weight is 1140 g/mol. The van der Waals surface area contributed by atoms with Gasteiger partial charge in [0.25, 0.3) is 0 Å². The van der Waals surface area contributed by atoms with Crippen LogP contribution in [-0.2, 0) is 22.5 Å². The van der Waals surface area contributed by atoms with E-state index in [4.69, 9.17) is 51.9 Å². The normalized spacial score (nSPS) is 7.10. The summed E-state index contributed by atoms with van der Waals surface area (Å²) in [5, 5.41) is 0. The third-order valence-corrected chi connectivity index (χ3v) is 0. The second-order valence-corrected chi connectivity index (χ2v) is 5.02. The van der Waals surface area contributed by atoms with Gasteiger partial charge in [0.2, 0.25) is 0 Å². The molecule has 0 fully saturated rings. The van der Waals surface area contributed by atoms with Crippen LogP contribution >= 0.6 is 15.6 Å². The van der Waals surface area contributed by atoms with Crippen LogP contribution in [0.15, 0.2) is 0 Å². The molecule has 20 heavy (non-hydrogen) atoms. The molecule has 20 heteroatoms. The maximum atomic E-state index is 8.58. The van der Waals surface area contributed by atoms with Crippen molar-refractivity contribution in [1.29, 1.82) is 0 Å². The van der Waals surface area contributed by atoms with Gasteiger partial charge in [-0.25, -0.2) is 0 Å². The fourth-order valence-corrected chi connectivity index (χ4v) is 0. The number of rotatable bonds is 0. The van der Waals surface area contributed by atoms with E-state index in [2.05, 4.69) is 0 Å². The van der Waals surface area contributed by atoms with Gasteiger partial charge in [-0.05, 0) is 0 Å². The van der Waals surface area contributed by atoms with E-state index in [0.29, 0.717) is 0 Å². The summed E-state index contributed by atoms with van der Waals surface area (Å²) in [6.45, 7) is 0. The molecule has 0 N–H and O–H groups in total. The van der Waals surface area contributed by atoms with Crippen LogP contribution in [0.3, 0.4) is 0 Å². The van der Waals surface area contributed by atoms with Crippen molar-refractivity contribution in [1.82, 2.24) is 0 Å². The zero-order valence-corrected chi connectivity index (χ0v) is 22.4. The molecule has 0 saturated carbocycles. The molecule has 0 aliphatic rings. The molecule has 0 atom stereocenters. The molecule has 0 amide bonds. The summed E-state index contributed by atoms with van der Waals surface area (Å²) < 4.78 is 68.6. The Labute approximate surface area is 195 Å². The molecule has 0 aromatic rings. The Morgan fingerprint density at radius 2 is 0.500 bits per heavy atom. The Hall–Kier alpha value is 3.75. The Kier molecular flexibility index (Phi) is 59.7. The first-order valence-electron chi connectivity index (χ1n) is 2.69. The zero-order chi connectivity index (χ0) is 17.1. The van der Waals surface area contributed by atoms with Gasteiger partial charge in [0.05, 0.1) is 0 Å². The number of phosphoric acid groups is 2. The minimum atomic E-state index is -5.39. The molecule has 0 saturated heterocycles. The molecule has 0 unspecified atom stereocenters. The average Bonchev–Trinajstić information content (AvgIpc) is 1.99. The van der Waals surface area contributed by atoms with E-state index in [1.54, 1.807) is 0 Å². The summed E-state index contributed by atoms with van der Waals surface area (Å²) in [4.78, 5) is 51.3. The predicted octanol–water partition coefficient (Wildman–Crippen LogP) is -7.28. The van der Waals surface area contributed by atoms with Crippen molar-refractivity contribution in [3.63, 3.8) is 0 Å². The van der Waals surface area contributed by atoms with E-state index >= 15 is 0 Å². The van der Waals surface area contributed by atoms with Crippen molar-refractivity contribution in [2.24, 2.45) is 0 Å². The second kappa shape index (κ2) is 30.6. The van der Waals surface area contributed by atoms with Crippen molar-refractivity contribution in [2.75, 3.05) is 0 Å². The van der Waals surface area contributed by atoms with Crippen LogP contribution in [-0.4, -0.2) is 48.9 Å².